The van der Waals surface area contributed by atoms with Gasteiger partial charge >= 0.3 is 0 Å². The minimum absolute atomic E-state index is 0.891. The van der Waals surface area contributed by atoms with Crippen LogP contribution in [0.4, 0.5) is 0 Å². The number of benzene rings is 1. The highest BCUT2D eigenvalue weighted by atomic mass is 79.9. The highest BCUT2D eigenvalue weighted by Crippen LogP contribution is 2.28. The topological polar surface area (TPSA) is 15.3 Å². The number of likely N-dealkylation sites (tertiary alicyclic amines) is 1. The van der Waals surface area contributed by atoms with Gasteiger partial charge in [-0.1, -0.05) is 34.1 Å². The van der Waals surface area contributed by atoms with E-state index in [0.717, 1.165) is 18.4 Å². The number of halogens is 1. The van der Waals surface area contributed by atoms with Crippen LogP contribution in [-0.2, 0) is 6.54 Å². The Bertz CT molecular complexity index is 368. The maximum Gasteiger partial charge on any atom is 0.0245 e. The molecule has 2 aliphatic rings. The van der Waals surface area contributed by atoms with Crippen LogP contribution >= 0.6 is 15.9 Å². The fraction of sp³-hybridized carbons (Fsp3) is 0.538. The Labute approximate surface area is 105 Å². The van der Waals surface area contributed by atoms with Crippen molar-refractivity contribution in [2.45, 2.75) is 6.54 Å². The summed E-state index contributed by atoms with van der Waals surface area (Å²) >= 11 is 3.63. The van der Waals surface area contributed by atoms with Gasteiger partial charge in [-0.25, -0.2) is 0 Å². The van der Waals surface area contributed by atoms with Crippen LogP contribution < -0.4 is 5.32 Å². The van der Waals surface area contributed by atoms with Crippen molar-refractivity contribution in [3.63, 3.8) is 0 Å². The second kappa shape index (κ2) is 4.47. The van der Waals surface area contributed by atoms with Gasteiger partial charge in [0.15, 0.2) is 0 Å². The zero-order valence-electron chi connectivity index (χ0n) is 9.32. The van der Waals surface area contributed by atoms with Gasteiger partial charge in [-0.2, -0.15) is 0 Å². The molecule has 2 atom stereocenters. The Kier molecular flexibility index (Phi) is 3.01. The van der Waals surface area contributed by atoms with Crippen LogP contribution in [0.2, 0.25) is 0 Å². The average Bonchev–Trinajstić information content (AvgIpc) is 2.81. The Balaban J connectivity index is 1.66. The van der Waals surface area contributed by atoms with E-state index in [9.17, 15) is 0 Å². The zero-order valence-corrected chi connectivity index (χ0v) is 10.9. The van der Waals surface area contributed by atoms with Gasteiger partial charge in [-0.3, -0.25) is 4.90 Å². The van der Waals surface area contributed by atoms with E-state index in [4.69, 9.17) is 0 Å². The predicted molar refractivity (Wildman–Crippen MR) is 69.3 cm³/mol. The van der Waals surface area contributed by atoms with Crippen LogP contribution in [-0.4, -0.2) is 31.1 Å². The number of nitrogens with one attached hydrogen (secondary N) is 1. The van der Waals surface area contributed by atoms with Crippen molar-refractivity contribution >= 4 is 15.9 Å². The van der Waals surface area contributed by atoms with Crippen LogP contribution in [0.15, 0.2) is 28.7 Å². The zero-order chi connectivity index (χ0) is 11.0. The summed E-state index contributed by atoms with van der Waals surface area (Å²) in [6.07, 6.45) is 0. The van der Waals surface area contributed by atoms with Crippen molar-refractivity contribution in [1.82, 2.24) is 10.2 Å². The molecule has 2 nitrogen and oxygen atoms in total. The molecule has 16 heavy (non-hydrogen) atoms. The van der Waals surface area contributed by atoms with Crippen molar-refractivity contribution in [3.8, 4) is 0 Å². The second-order valence-corrected chi connectivity index (χ2v) is 5.82. The number of hydrogen-bond donors (Lipinski definition) is 1. The van der Waals surface area contributed by atoms with Gasteiger partial charge in [0.05, 0.1) is 0 Å². The molecule has 0 aliphatic carbocycles. The van der Waals surface area contributed by atoms with E-state index in [1.165, 1.54) is 36.2 Å². The number of rotatable bonds is 2. The Hall–Kier alpha value is -0.380. The Morgan fingerprint density at radius 1 is 1.19 bits per heavy atom. The van der Waals surface area contributed by atoms with E-state index in [0.29, 0.717) is 0 Å². The minimum Gasteiger partial charge on any atom is -0.316 e. The van der Waals surface area contributed by atoms with Crippen molar-refractivity contribution in [3.05, 3.63) is 34.3 Å². The monoisotopic (exact) mass is 280 g/mol. The number of fused-ring (bicyclic) bond motifs is 1. The van der Waals surface area contributed by atoms with Crippen molar-refractivity contribution in [1.29, 1.82) is 0 Å². The lowest BCUT2D eigenvalue weighted by Gasteiger charge is -2.17. The molecule has 0 amide bonds. The summed E-state index contributed by atoms with van der Waals surface area (Å²) in [6, 6.07) is 8.55. The van der Waals surface area contributed by atoms with Crippen LogP contribution in [0.3, 0.4) is 0 Å². The van der Waals surface area contributed by atoms with Gasteiger partial charge in [0.1, 0.15) is 0 Å². The molecule has 0 aromatic heterocycles. The molecule has 0 spiro atoms. The van der Waals surface area contributed by atoms with Crippen molar-refractivity contribution < 1.29 is 0 Å². The molecule has 1 aromatic carbocycles. The van der Waals surface area contributed by atoms with Crippen molar-refractivity contribution in [2.75, 3.05) is 26.2 Å². The molecule has 0 radical (unpaired) electrons. The van der Waals surface area contributed by atoms with E-state index < -0.39 is 0 Å². The molecule has 2 fully saturated rings. The molecule has 3 rings (SSSR count). The lowest BCUT2D eigenvalue weighted by molar-refractivity contribution is 0.305. The molecule has 0 saturated carbocycles. The first-order chi connectivity index (χ1) is 7.83. The SMILES string of the molecule is Brc1ccccc1CN1C[C@H]2CNC[C@H]2C1. The molecule has 2 heterocycles. The summed E-state index contributed by atoms with van der Waals surface area (Å²) in [4.78, 5) is 2.59. The van der Waals surface area contributed by atoms with Gasteiger partial charge in [0, 0.05) is 24.1 Å². The smallest absolute Gasteiger partial charge is 0.0245 e. The van der Waals surface area contributed by atoms with Gasteiger partial charge in [-0.05, 0) is 36.6 Å². The van der Waals surface area contributed by atoms with E-state index in [2.05, 4.69) is 50.4 Å². The average molecular weight is 281 g/mol. The maximum atomic E-state index is 3.63. The van der Waals surface area contributed by atoms with Gasteiger partial charge < -0.3 is 5.32 Å². The van der Waals surface area contributed by atoms with Crippen LogP contribution in [0, 0.1) is 11.8 Å². The van der Waals surface area contributed by atoms with Crippen LogP contribution in [0.5, 0.6) is 0 Å². The fourth-order valence-corrected chi connectivity index (χ4v) is 3.36. The normalized spacial score (nSPS) is 29.6. The molecule has 2 saturated heterocycles. The summed E-state index contributed by atoms with van der Waals surface area (Å²) < 4.78 is 1.24. The fourth-order valence-electron chi connectivity index (χ4n) is 2.95. The van der Waals surface area contributed by atoms with Gasteiger partial charge in [0.25, 0.3) is 0 Å². The molecule has 0 bridgehead atoms. The number of nitrogens with zero attached hydrogens (tertiary/aromatic N) is 1. The number of hydrogen-bond acceptors (Lipinski definition) is 2. The first kappa shape index (κ1) is 10.8. The molecule has 0 unspecified atom stereocenters. The van der Waals surface area contributed by atoms with Gasteiger partial charge in [0.2, 0.25) is 0 Å². The Morgan fingerprint density at radius 2 is 1.88 bits per heavy atom. The molecular formula is C13H17BrN2. The van der Waals surface area contributed by atoms with E-state index in [1.54, 1.807) is 0 Å². The standard InChI is InChI=1S/C13H17BrN2/c14-13-4-2-1-3-10(13)7-16-8-11-5-15-6-12(11)9-16/h1-4,11-12,15H,5-9H2/t11-,12+. The molecule has 1 aromatic rings. The van der Waals surface area contributed by atoms with E-state index >= 15 is 0 Å². The third-order valence-corrected chi connectivity index (χ3v) is 4.59. The second-order valence-electron chi connectivity index (χ2n) is 4.96. The van der Waals surface area contributed by atoms with Crippen LogP contribution in [0.1, 0.15) is 5.56 Å². The first-order valence-electron chi connectivity index (χ1n) is 5.99. The molecule has 2 aliphatic heterocycles. The minimum atomic E-state index is 0.891. The van der Waals surface area contributed by atoms with Crippen molar-refractivity contribution in [2.24, 2.45) is 11.8 Å². The molecule has 1 N–H and O–H groups in total. The maximum absolute atomic E-state index is 3.63. The summed E-state index contributed by atoms with van der Waals surface area (Å²) in [6.45, 7) is 6.06. The highest BCUT2D eigenvalue weighted by molar-refractivity contribution is 9.10. The first-order valence-corrected chi connectivity index (χ1v) is 6.79. The highest BCUT2D eigenvalue weighted by Gasteiger charge is 2.35. The third kappa shape index (κ3) is 2.04. The summed E-state index contributed by atoms with van der Waals surface area (Å²) in [5, 5.41) is 3.48. The molecule has 3 heteroatoms. The third-order valence-electron chi connectivity index (χ3n) is 3.82. The summed E-state index contributed by atoms with van der Waals surface area (Å²) in [5.41, 5.74) is 1.41. The lowest BCUT2D eigenvalue weighted by atomic mass is 10.0. The van der Waals surface area contributed by atoms with E-state index in [-0.39, 0.29) is 0 Å². The molecule has 86 valence electrons. The lowest BCUT2D eigenvalue weighted by Crippen LogP contribution is -2.25. The predicted octanol–water partition coefficient (Wildman–Crippen LogP) is 2.10. The van der Waals surface area contributed by atoms with E-state index in [1.807, 2.05) is 0 Å². The Morgan fingerprint density at radius 3 is 2.56 bits per heavy atom. The van der Waals surface area contributed by atoms with Gasteiger partial charge in [-0.15, -0.1) is 0 Å². The molecular weight excluding hydrogens is 264 g/mol. The largest absolute Gasteiger partial charge is 0.316 e. The summed E-state index contributed by atoms with van der Waals surface area (Å²) in [5.74, 6) is 1.78. The van der Waals surface area contributed by atoms with Crippen LogP contribution in [0.25, 0.3) is 0 Å². The summed E-state index contributed by atoms with van der Waals surface area (Å²) in [7, 11) is 0. The quantitative estimate of drug-likeness (QED) is 0.893.